The van der Waals surface area contributed by atoms with E-state index in [-0.39, 0.29) is 11.9 Å². The van der Waals surface area contributed by atoms with Crippen molar-refractivity contribution in [2.45, 2.75) is 25.3 Å². The summed E-state index contributed by atoms with van der Waals surface area (Å²) in [5, 5.41) is 7.76. The fourth-order valence-corrected chi connectivity index (χ4v) is 4.41. The average molecular weight is 320 g/mol. The summed E-state index contributed by atoms with van der Waals surface area (Å²) in [5.41, 5.74) is 0. The van der Waals surface area contributed by atoms with E-state index in [1.54, 1.807) is 22.7 Å². The third-order valence-electron chi connectivity index (χ3n) is 3.80. The van der Waals surface area contributed by atoms with Gasteiger partial charge < -0.3 is 10.2 Å². The van der Waals surface area contributed by atoms with Crippen molar-refractivity contribution in [2.75, 3.05) is 19.6 Å². The van der Waals surface area contributed by atoms with E-state index in [0.29, 0.717) is 6.42 Å². The lowest BCUT2D eigenvalue weighted by atomic mass is 10.2. The van der Waals surface area contributed by atoms with Crippen molar-refractivity contribution < 1.29 is 4.79 Å². The zero-order valence-electron chi connectivity index (χ0n) is 12.0. The molecule has 0 bridgehead atoms. The Labute approximate surface area is 133 Å². The first kappa shape index (κ1) is 14.8. The first-order chi connectivity index (χ1) is 10.3. The van der Waals surface area contributed by atoms with Crippen LogP contribution in [0.2, 0.25) is 0 Å². The maximum Gasteiger partial charge on any atom is 0.223 e. The number of nitrogens with zero attached hydrogens (tertiary/aromatic N) is 1. The molecule has 1 saturated heterocycles. The molecule has 21 heavy (non-hydrogen) atoms. The first-order valence-corrected chi connectivity index (χ1v) is 9.18. The van der Waals surface area contributed by atoms with Crippen LogP contribution in [0.15, 0.2) is 35.0 Å². The van der Waals surface area contributed by atoms with Gasteiger partial charge >= 0.3 is 0 Å². The lowest BCUT2D eigenvalue weighted by Gasteiger charge is -2.18. The second-order valence-corrected chi connectivity index (χ2v) is 7.21. The number of hydrogen-bond acceptors (Lipinski definition) is 4. The normalized spacial score (nSPS) is 15.0. The molecule has 2 aromatic heterocycles. The molecule has 0 radical (unpaired) electrons. The Bertz CT molecular complexity index is 511. The van der Waals surface area contributed by atoms with E-state index in [4.69, 9.17) is 0 Å². The Hall–Kier alpha value is -1.17. The highest BCUT2D eigenvalue weighted by atomic mass is 32.1. The van der Waals surface area contributed by atoms with Crippen molar-refractivity contribution >= 4 is 28.6 Å². The van der Waals surface area contributed by atoms with Gasteiger partial charge in [-0.1, -0.05) is 12.1 Å². The summed E-state index contributed by atoms with van der Waals surface area (Å²) < 4.78 is 0. The lowest BCUT2D eigenvalue weighted by Crippen LogP contribution is -2.31. The predicted molar refractivity (Wildman–Crippen MR) is 88.9 cm³/mol. The number of rotatable bonds is 6. The highest BCUT2D eigenvalue weighted by molar-refractivity contribution is 7.11. The Morgan fingerprint density at radius 1 is 1.14 bits per heavy atom. The lowest BCUT2D eigenvalue weighted by molar-refractivity contribution is -0.130. The van der Waals surface area contributed by atoms with Crippen LogP contribution in [0, 0.1) is 0 Å². The van der Waals surface area contributed by atoms with Gasteiger partial charge in [-0.25, -0.2) is 0 Å². The topological polar surface area (TPSA) is 32.3 Å². The maximum atomic E-state index is 12.1. The quantitative estimate of drug-likeness (QED) is 0.883. The zero-order chi connectivity index (χ0) is 14.5. The number of amides is 1. The molecule has 0 unspecified atom stereocenters. The van der Waals surface area contributed by atoms with E-state index < -0.39 is 0 Å². The van der Waals surface area contributed by atoms with E-state index in [2.05, 4.69) is 40.3 Å². The van der Waals surface area contributed by atoms with Gasteiger partial charge in [-0.05, 0) is 35.7 Å². The SMILES string of the molecule is O=C(CCNC(c1cccs1)c1cccs1)N1CCCC1. The molecular weight excluding hydrogens is 300 g/mol. The van der Waals surface area contributed by atoms with Crippen LogP contribution in [-0.4, -0.2) is 30.4 Å². The number of carbonyl (C=O) groups excluding carboxylic acids is 1. The minimum atomic E-state index is 0.219. The maximum absolute atomic E-state index is 12.1. The predicted octanol–water partition coefficient (Wildman–Crippen LogP) is 3.50. The van der Waals surface area contributed by atoms with E-state index in [9.17, 15) is 4.79 Å². The van der Waals surface area contributed by atoms with Crippen LogP contribution in [-0.2, 0) is 4.79 Å². The van der Waals surface area contributed by atoms with Gasteiger partial charge in [0.15, 0.2) is 0 Å². The molecule has 0 aromatic carbocycles. The monoisotopic (exact) mass is 320 g/mol. The van der Waals surface area contributed by atoms with Crippen LogP contribution in [0.3, 0.4) is 0 Å². The molecule has 112 valence electrons. The van der Waals surface area contributed by atoms with Gasteiger partial charge in [0.2, 0.25) is 5.91 Å². The zero-order valence-corrected chi connectivity index (χ0v) is 13.6. The fourth-order valence-electron chi connectivity index (χ4n) is 2.70. The molecule has 0 aliphatic carbocycles. The molecule has 3 rings (SSSR count). The summed E-state index contributed by atoms with van der Waals surface area (Å²) >= 11 is 3.52. The molecule has 1 amide bonds. The molecular formula is C16H20N2OS2. The van der Waals surface area contributed by atoms with Gasteiger partial charge in [-0.15, -0.1) is 22.7 Å². The number of hydrogen-bond donors (Lipinski definition) is 1. The van der Waals surface area contributed by atoms with Crippen molar-refractivity contribution in [1.82, 2.24) is 10.2 Å². The van der Waals surface area contributed by atoms with Crippen LogP contribution in [0.4, 0.5) is 0 Å². The Morgan fingerprint density at radius 2 is 1.76 bits per heavy atom. The van der Waals surface area contributed by atoms with Crippen LogP contribution in [0.1, 0.15) is 35.1 Å². The van der Waals surface area contributed by atoms with Crippen molar-refractivity contribution in [3.05, 3.63) is 44.8 Å². The number of nitrogens with one attached hydrogen (secondary N) is 1. The van der Waals surface area contributed by atoms with Crippen LogP contribution >= 0.6 is 22.7 Å². The molecule has 0 atom stereocenters. The summed E-state index contributed by atoms with van der Waals surface area (Å²) in [5.74, 6) is 0.288. The van der Waals surface area contributed by atoms with Crippen LogP contribution in [0.5, 0.6) is 0 Å². The van der Waals surface area contributed by atoms with Gasteiger partial charge in [0.25, 0.3) is 0 Å². The standard InChI is InChI=1S/C16H20N2OS2/c19-15(18-9-1-2-10-18)7-8-17-16(13-5-3-11-20-13)14-6-4-12-21-14/h3-6,11-12,16-17H,1-2,7-10H2. The molecule has 1 N–H and O–H groups in total. The highest BCUT2D eigenvalue weighted by Crippen LogP contribution is 2.29. The minimum Gasteiger partial charge on any atom is -0.343 e. The molecule has 0 spiro atoms. The Kier molecular flexibility index (Phi) is 5.06. The Morgan fingerprint density at radius 3 is 2.29 bits per heavy atom. The minimum absolute atomic E-state index is 0.219. The van der Waals surface area contributed by atoms with Crippen LogP contribution in [0.25, 0.3) is 0 Å². The van der Waals surface area contributed by atoms with Gasteiger partial charge in [0.1, 0.15) is 0 Å². The second kappa shape index (κ2) is 7.20. The smallest absolute Gasteiger partial charge is 0.223 e. The summed E-state index contributed by atoms with van der Waals surface area (Å²) in [4.78, 5) is 16.7. The largest absolute Gasteiger partial charge is 0.343 e. The van der Waals surface area contributed by atoms with E-state index in [1.165, 1.54) is 9.75 Å². The average Bonchev–Trinajstić information content (AvgIpc) is 3.27. The van der Waals surface area contributed by atoms with E-state index in [1.807, 2.05) is 4.90 Å². The molecule has 3 nitrogen and oxygen atoms in total. The van der Waals surface area contributed by atoms with Gasteiger partial charge in [-0.3, -0.25) is 4.79 Å². The van der Waals surface area contributed by atoms with Crippen molar-refractivity contribution in [2.24, 2.45) is 0 Å². The molecule has 5 heteroatoms. The fraction of sp³-hybridized carbons (Fsp3) is 0.438. The molecule has 2 aromatic rings. The summed E-state index contributed by atoms with van der Waals surface area (Å²) in [6.07, 6.45) is 2.91. The Balaban J connectivity index is 1.57. The number of carbonyl (C=O) groups is 1. The number of likely N-dealkylation sites (tertiary alicyclic amines) is 1. The third kappa shape index (κ3) is 3.73. The van der Waals surface area contributed by atoms with Crippen LogP contribution < -0.4 is 5.32 Å². The molecule has 1 aliphatic heterocycles. The van der Waals surface area contributed by atoms with Gasteiger partial charge in [0.05, 0.1) is 6.04 Å². The van der Waals surface area contributed by atoms with Gasteiger partial charge in [0, 0.05) is 35.8 Å². The highest BCUT2D eigenvalue weighted by Gasteiger charge is 2.19. The van der Waals surface area contributed by atoms with Crippen molar-refractivity contribution in [1.29, 1.82) is 0 Å². The van der Waals surface area contributed by atoms with E-state index in [0.717, 1.165) is 32.5 Å². The first-order valence-electron chi connectivity index (χ1n) is 7.42. The van der Waals surface area contributed by atoms with Crippen molar-refractivity contribution in [3.8, 4) is 0 Å². The van der Waals surface area contributed by atoms with Crippen molar-refractivity contribution in [3.63, 3.8) is 0 Å². The second-order valence-electron chi connectivity index (χ2n) is 5.26. The summed E-state index contributed by atoms with van der Waals surface area (Å²) in [6, 6.07) is 8.70. The van der Waals surface area contributed by atoms with E-state index >= 15 is 0 Å². The summed E-state index contributed by atoms with van der Waals surface area (Å²) in [7, 11) is 0. The molecule has 1 fully saturated rings. The molecule has 1 aliphatic rings. The number of thiophene rings is 2. The molecule has 3 heterocycles. The molecule has 0 saturated carbocycles. The third-order valence-corrected chi connectivity index (χ3v) is 5.68. The van der Waals surface area contributed by atoms with Gasteiger partial charge in [-0.2, -0.15) is 0 Å². The summed E-state index contributed by atoms with van der Waals surface area (Å²) in [6.45, 7) is 2.62.